The molecule has 0 aliphatic rings. The van der Waals surface area contributed by atoms with Gasteiger partial charge in [-0.05, 0) is 67.4 Å². The summed E-state index contributed by atoms with van der Waals surface area (Å²) in [5.41, 5.74) is 3.00. The van der Waals surface area contributed by atoms with Gasteiger partial charge in [0.15, 0.2) is 5.82 Å². The molecule has 8 nitrogen and oxygen atoms in total. The van der Waals surface area contributed by atoms with Crippen LogP contribution < -0.4 is 9.62 Å². The molecular formula is C25H25N5O3S. The van der Waals surface area contributed by atoms with E-state index in [4.69, 9.17) is 0 Å². The third-order valence-corrected chi connectivity index (χ3v) is 7.23. The average molecular weight is 476 g/mol. The molecule has 0 fully saturated rings. The standard InChI is InChI=1S/C25H25N5O3S/c1-19-3-9-23(10-4-19)34(32,33)29(2)22-7-5-21(6-8-22)25(31)27-24-14-18-30(28-24)17-13-20-11-15-26-16-12-20/h3-12,14-16,18H,13,17H2,1-2H3,(H,27,28,31). The summed E-state index contributed by atoms with van der Waals surface area (Å²) >= 11 is 0. The van der Waals surface area contributed by atoms with E-state index in [0.717, 1.165) is 17.5 Å². The van der Waals surface area contributed by atoms with E-state index < -0.39 is 10.0 Å². The smallest absolute Gasteiger partial charge is 0.264 e. The Bertz CT molecular complexity index is 1370. The number of hydrogen-bond donors (Lipinski definition) is 1. The van der Waals surface area contributed by atoms with Crippen molar-refractivity contribution >= 4 is 27.4 Å². The number of nitrogens with zero attached hydrogens (tertiary/aromatic N) is 4. The summed E-state index contributed by atoms with van der Waals surface area (Å²) < 4.78 is 28.7. The van der Waals surface area contributed by atoms with Crippen molar-refractivity contribution in [3.05, 3.63) is 102 Å². The lowest BCUT2D eigenvalue weighted by molar-refractivity contribution is 0.102. The quantitative estimate of drug-likeness (QED) is 0.417. The van der Waals surface area contributed by atoms with E-state index in [1.165, 1.54) is 11.4 Å². The molecule has 1 amide bonds. The minimum Gasteiger partial charge on any atom is -0.305 e. The normalized spacial score (nSPS) is 11.2. The zero-order valence-electron chi connectivity index (χ0n) is 18.9. The van der Waals surface area contributed by atoms with Crippen LogP contribution in [0.2, 0.25) is 0 Å². The second-order valence-electron chi connectivity index (χ2n) is 7.86. The van der Waals surface area contributed by atoms with E-state index in [9.17, 15) is 13.2 Å². The minimum absolute atomic E-state index is 0.210. The van der Waals surface area contributed by atoms with Gasteiger partial charge < -0.3 is 5.32 Å². The molecule has 0 radical (unpaired) electrons. The second kappa shape index (κ2) is 9.88. The van der Waals surface area contributed by atoms with E-state index in [-0.39, 0.29) is 10.8 Å². The number of aromatic nitrogens is 3. The lowest BCUT2D eigenvalue weighted by atomic mass is 10.2. The van der Waals surface area contributed by atoms with Gasteiger partial charge in [0.05, 0.1) is 10.6 Å². The zero-order chi connectivity index (χ0) is 24.1. The Labute approximate surface area is 198 Å². The molecule has 1 N–H and O–H groups in total. The summed E-state index contributed by atoms with van der Waals surface area (Å²) in [6, 6.07) is 18.7. The van der Waals surface area contributed by atoms with Gasteiger partial charge in [-0.1, -0.05) is 17.7 Å². The number of aryl methyl sites for hydroxylation is 3. The van der Waals surface area contributed by atoms with Crippen LogP contribution >= 0.6 is 0 Å². The molecule has 0 spiro atoms. The van der Waals surface area contributed by atoms with Crippen LogP contribution in [0.25, 0.3) is 0 Å². The van der Waals surface area contributed by atoms with Crippen molar-refractivity contribution in [2.45, 2.75) is 24.8 Å². The summed E-state index contributed by atoms with van der Waals surface area (Å²) in [6.45, 7) is 2.58. The highest BCUT2D eigenvalue weighted by Gasteiger charge is 2.21. The maximum Gasteiger partial charge on any atom is 0.264 e. The highest BCUT2D eigenvalue weighted by atomic mass is 32.2. The molecule has 174 valence electrons. The molecule has 0 unspecified atom stereocenters. The summed E-state index contributed by atoms with van der Waals surface area (Å²) in [7, 11) is -2.21. The van der Waals surface area contributed by atoms with Crippen LogP contribution in [0.4, 0.5) is 11.5 Å². The predicted molar refractivity (Wildman–Crippen MR) is 131 cm³/mol. The Hall–Kier alpha value is -3.98. The molecule has 0 aliphatic carbocycles. The lowest BCUT2D eigenvalue weighted by Crippen LogP contribution is -2.26. The van der Waals surface area contributed by atoms with Crippen LogP contribution in [0.15, 0.2) is 90.2 Å². The highest BCUT2D eigenvalue weighted by molar-refractivity contribution is 7.92. The number of sulfonamides is 1. The first kappa shape index (κ1) is 23.2. The first-order valence-electron chi connectivity index (χ1n) is 10.7. The number of pyridine rings is 1. The lowest BCUT2D eigenvalue weighted by Gasteiger charge is -2.20. The third-order valence-electron chi connectivity index (χ3n) is 5.43. The number of anilines is 2. The number of rotatable bonds is 8. The highest BCUT2D eigenvalue weighted by Crippen LogP contribution is 2.23. The van der Waals surface area contributed by atoms with Gasteiger partial charge in [-0.25, -0.2) is 8.42 Å². The Kier molecular flexibility index (Phi) is 6.74. The Morgan fingerprint density at radius 2 is 1.65 bits per heavy atom. The average Bonchev–Trinajstić information content (AvgIpc) is 3.30. The Morgan fingerprint density at radius 1 is 0.971 bits per heavy atom. The zero-order valence-corrected chi connectivity index (χ0v) is 19.7. The van der Waals surface area contributed by atoms with Crippen LogP contribution in [0, 0.1) is 6.92 Å². The Morgan fingerprint density at radius 3 is 2.32 bits per heavy atom. The van der Waals surface area contributed by atoms with Gasteiger partial charge in [-0.2, -0.15) is 5.10 Å². The SMILES string of the molecule is Cc1ccc(S(=O)(=O)N(C)c2ccc(C(=O)Nc3ccn(CCc4ccncc4)n3)cc2)cc1. The molecule has 0 saturated carbocycles. The largest absolute Gasteiger partial charge is 0.305 e. The molecule has 4 aromatic rings. The van der Waals surface area contributed by atoms with Crippen molar-refractivity contribution in [1.29, 1.82) is 0 Å². The molecular weight excluding hydrogens is 450 g/mol. The van der Waals surface area contributed by atoms with Crippen LogP contribution in [0.3, 0.4) is 0 Å². The van der Waals surface area contributed by atoms with Gasteiger partial charge in [0, 0.05) is 43.8 Å². The minimum atomic E-state index is -3.70. The maximum absolute atomic E-state index is 12.9. The van der Waals surface area contributed by atoms with Gasteiger partial charge in [-0.3, -0.25) is 18.8 Å². The van der Waals surface area contributed by atoms with Gasteiger partial charge in [-0.15, -0.1) is 0 Å². The molecule has 9 heteroatoms. The number of hydrogen-bond acceptors (Lipinski definition) is 5. The van der Waals surface area contributed by atoms with Crippen LogP contribution in [0.5, 0.6) is 0 Å². The molecule has 2 aromatic carbocycles. The van der Waals surface area contributed by atoms with Gasteiger partial charge >= 0.3 is 0 Å². The van der Waals surface area contributed by atoms with Crippen LogP contribution in [0.1, 0.15) is 21.5 Å². The fourth-order valence-corrected chi connectivity index (χ4v) is 4.56. The van der Waals surface area contributed by atoms with E-state index in [1.54, 1.807) is 71.7 Å². The van der Waals surface area contributed by atoms with Crippen molar-refractivity contribution in [3.8, 4) is 0 Å². The first-order chi connectivity index (χ1) is 16.3. The van der Waals surface area contributed by atoms with E-state index in [2.05, 4.69) is 15.4 Å². The fourth-order valence-electron chi connectivity index (χ4n) is 3.36. The predicted octanol–water partition coefficient (Wildman–Crippen LogP) is 3.91. The van der Waals surface area contributed by atoms with Crippen molar-refractivity contribution in [2.24, 2.45) is 0 Å². The van der Waals surface area contributed by atoms with Gasteiger partial charge in [0.1, 0.15) is 0 Å². The maximum atomic E-state index is 12.9. The summed E-state index contributed by atoms with van der Waals surface area (Å²) in [5, 5.41) is 7.16. The molecule has 2 aromatic heterocycles. The number of nitrogens with one attached hydrogen (secondary N) is 1. The first-order valence-corrected chi connectivity index (χ1v) is 12.2. The summed E-state index contributed by atoms with van der Waals surface area (Å²) in [5.74, 6) is 0.123. The molecule has 4 rings (SSSR count). The van der Waals surface area contributed by atoms with E-state index in [0.29, 0.717) is 23.6 Å². The van der Waals surface area contributed by atoms with Crippen LogP contribution in [-0.2, 0) is 23.0 Å². The van der Waals surface area contributed by atoms with Gasteiger partial charge in [0.2, 0.25) is 0 Å². The van der Waals surface area contributed by atoms with Crippen molar-refractivity contribution in [2.75, 3.05) is 16.7 Å². The van der Waals surface area contributed by atoms with E-state index >= 15 is 0 Å². The molecule has 0 aliphatic heterocycles. The number of amides is 1. The van der Waals surface area contributed by atoms with Crippen molar-refractivity contribution in [1.82, 2.24) is 14.8 Å². The second-order valence-corrected chi connectivity index (χ2v) is 9.83. The van der Waals surface area contributed by atoms with Crippen molar-refractivity contribution in [3.63, 3.8) is 0 Å². The summed E-state index contributed by atoms with van der Waals surface area (Å²) in [4.78, 5) is 16.9. The van der Waals surface area contributed by atoms with Crippen LogP contribution in [-0.4, -0.2) is 36.1 Å². The molecule has 0 bridgehead atoms. The molecule has 34 heavy (non-hydrogen) atoms. The number of benzene rings is 2. The number of carbonyl (C=O) groups excluding carboxylic acids is 1. The van der Waals surface area contributed by atoms with Crippen molar-refractivity contribution < 1.29 is 13.2 Å². The van der Waals surface area contributed by atoms with Gasteiger partial charge in [0.25, 0.3) is 15.9 Å². The summed E-state index contributed by atoms with van der Waals surface area (Å²) in [6.07, 6.45) is 6.12. The molecule has 0 saturated heterocycles. The third kappa shape index (κ3) is 5.32. The molecule has 2 heterocycles. The van der Waals surface area contributed by atoms with E-state index in [1.807, 2.05) is 25.3 Å². The Balaban J connectivity index is 1.38. The fraction of sp³-hybridized carbons (Fsp3) is 0.160. The monoisotopic (exact) mass is 475 g/mol. The topological polar surface area (TPSA) is 97.2 Å². The molecule has 0 atom stereocenters. The number of carbonyl (C=O) groups is 1.